The molecular weight excluding hydrogens is 391 g/mol. The van der Waals surface area contributed by atoms with Crippen LogP contribution in [0, 0.1) is 5.92 Å². The molecule has 0 radical (unpaired) electrons. The predicted molar refractivity (Wildman–Crippen MR) is 101 cm³/mol. The Morgan fingerprint density at radius 3 is 2.45 bits per heavy atom. The summed E-state index contributed by atoms with van der Waals surface area (Å²) in [5.41, 5.74) is 0.782. The highest BCUT2D eigenvalue weighted by molar-refractivity contribution is 14.0. The van der Waals surface area contributed by atoms with Crippen molar-refractivity contribution in [1.82, 2.24) is 15.5 Å². The molecule has 2 rings (SSSR count). The number of carbonyl (C=O) groups excluding carboxylic acids is 1. The van der Waals surface area contributed by atoms with Gasteiger partial charge in [-0.15, -0.1) is 24.0 Å². The summed E-state index contributed by atoms with van der Waals surface area (Å²) in [5, 5.41) is 6.31. The number of benzene rings is 1. The topological polar surface area (TPSA) is 56.7 Å². The second kappa shape index (κ2) is 9.66. The molecular formula is C16H25IN4O. The molecule has 0 aromatic heterocycles. The Balaban J connectivity index is 0.00000242. The first kappa shape index (κ1) is 18.7. The minimum absolute atomic E-state index is 0. The van der Waals surface area contributed by atoms with Crippen LogP contribution in [-0.2, 0) is 0 Å². The number of hydrogen-bond acceptors (Lipinski definition) is 2. The molecule has 1 aromatic carbocycles. The maximum atomic E-state index is 12.3. The minimum atomic E-state index is 0. The van der Waals surface area contributed by atoms with Crippen molar-refractivity contribution in [3.05, 3.63) is 35.9 Å². The van der Waals surface area contributed by atoms with Gasteiger partial charge in [0, 0.05) is 39.3 Å². The van der Waals surface area contributed by atoms with Crippen molar-refractivity contribution < 1.29 is 4.79 Å². The van der Waals surface area contributed by atoms with Gasteiger partial charge in [-0.25, -0.2) is 0 Å². The molecule has 1 aliphatic heterocycles. The lowest BCUT2D eigenvalue weighted by Gasteiger charge is -2.32. The Kier molecular flexibility index (Phi) is 8.22. The van der Waals surface area contributed by atoms with Gasteiger partial charge in [-0.2, -0.15) is 0 Å². The van der Waals surface area contributed by atoms with Crippen molar-refractivity contribution in [1.29, 1.82) is 0 Å². The molecule has 0 unspecified atom stereocenters. The molecule has 1 fully saturated rings. The zero-order valence-electron chi connectivity index (χ0n) is 13.2. The number of likely N-dealkylation sites (tertiary alicyclic amines) is 1. The van der Waals surface area contributed by atoms with Crippen molar-refractivity contribution in [3.63, 3.8) is 0 Å². The molecule has 2 N–H and O–H groups in total. The fourth-order valence-corrected chi connectivity index (χ4v) is 2.62. The quantitative estimate of drug-likeness (QED) is 0.450. The minimum Gasteiger partial charge on any atom is -0.359 e. The van der Waals surface area contributed by atoms with Crippen LogP contribution in [0.3, 0.4) is 0 Å². The number of rotatable bonds is 3. The summed E-state index contributed by atoms with van der Waals surface area (Å²) in [4.78, 5) is 18.4. The number of amides is 1. The molecule has 1 aliphatic rings. The van der Waals surface area contributed by atoms with E-state index in [1.165, 1.54) is 0 Å². The van der Waals surface area contributed by atoms with E-state index in [9.17, 15) is 4.79 Å². The van der Waals surface area contributed by atoms with Gasteiger partial charge in [-0.05, 0) is 30.9 Å². The highest BCUT2D eigenvalue weighted by Gasteiger charge is 2.23. The van der Waals surface area contributed by atoms with Crippen LogP contribution in [0.25, 0.3) is 0 Å². The van der Waals surface area contributed by atoms with Crippen LogP contribution in [-0.4, -0.2) is 50.5 Å². The van der Waals surface area contributed by atoms with E-state index in [0.29, 0.717) is 5.92 Å². The van der Waals surface area contributed by atoms with E-state index >= 15 is 0 Å². The molecule has 1 saturated heterocycles. The first-order valence-electron chi connectivity index (χ1n) is 7.47. The molecule has 1 heterocycles. The van der Waals surface area contributed by atoms with Gasteiger partial charge in [-0.3, -0.25) is 9.79 Å². The van der Waals surface area contributed by atoms with Crippen LogP contribution in [0.2, 0.25) is 0 Å². The Hall–Kier alpha value is -1.31. The van der Waals surface area contributed by atoms with Crippen LogP contribution in [0.1, 0.15) is 23.2 Å². The number of piperidine rings is 1. The molecule has 5 nitrogen and oxygen atoms in total. The summed E-state index contributed by atoms with van der Waals surface area (Å²) in [7, 11) is 3.62. The molecule has 122 valence electrons. The molecule has 6 heteroatoms. The highest BCUT2D eigenvalue weighted by atomic mass is 127. The average molecular weight is 416 g/mol. The third-order valence-electron chi connectivity index (χ3n) is 3.94. The molecule has 1 aromatic rings. The summed E-state index contributed by atoms with van der Waals surface area (Å²) in [6.45, 7) is 2.57. The summed E-state index contributed by atoms with van der Waals surface area (Å²) >= 11 is 0. The smallest absolute Gasteiger partial charge is 0.253 e. The van der Waals surface area contributed by atoms with Gasteiger partial charge in [0.15, 0.2) is 5.96 Å². The number of nitrogens with one attached hydrogen (secondary N) is 2. The first-order chi connectivity index (χ1) is 10.2. The number of guanidine groups is 1. The zero-order chi connectivity index (χ0) is 15.1. The molecule has 0 aliphatic carbocycles. The molecule has 0 saturated carbocycles. The van der Waals surface area contributed by atoms with Gasteiger partial charge >= 0.3 is 0 Å². The first-order valence-corrected chi connectivity index (χ1v) is 7.47. The van der Waals surface area contributed by atoms with Gasteiger partial charge in [0.25, 0.3) is 5.91 Å². The van der Waals surface area contributed by atoms with E-state index in [2.05, 4.69) is 15.6 Å². The Bertz CT molecular complexity index is 484. The number of nitrogens with zero attached hydrogens (tertiary/aromatic N) is 2. The third kappa shape index (κ3) is 5.15. The Labute approximate surface area is 149 Å². The van der Waals surface area contributed by atoms with E-state index in [4.69, 9.17) is 0 Å². The number of halogens is 1. The maximum absolute atomic E-state index is 12.3. The predicted octanol–water partition coefficient (Wildman–Crippen LogP) is 1.95. The van der Waals surface area contributed by atoms with Crippen molar-refractivity contribution in [2.45, 2.75) is 12.8 Å². The highest BCUT2D eigenvalue weighted by Crippen LogP contribution is 2.18. The summed E-state index contributed by atoms with van der Waals surface area (Å²) in [6, 6.07) is 9.52. The Morgan fingerprint density at radius 2 is 1.91 bits per heavy atom. The number of carbonyl (C=O) groups is 1. The van der Waals surface area contributed by atoms with Gasteiger partial charge in [0.05, 0.1) is 0 Å². The third-order valence-corrected chi connectivity index (χ3v) is 3.94. The van der Waals surface area contributed by atoms with Crippen LogP contribution >= 0.6 is 24.0 Å². The standard InChI is InChI=1S/C16H24N4O.HI/c1-17-16(18-2)19-12-13-8-10-20(11-9-13)15(21)14-6-4-3-5-7-14;/h3-7,13H,8-12H2,1-2H3,(H2,17,18,19);1H. The summed E-state index contributed by atoms with van der Waals surface area (Å²) in [6.07, 6.45) is 2.07. The molecule has 0 spiro atoms. The summed E-state index contributed by atoms with van der Waals surface area (Å²) in [5.74, 6) is 1.56. The van der Waals surface area contributed by atoms with Gasteiger partial charge in [-0.1, -0.05) is 18.2 Å². The van der Waals surface area contributed by atoms with Crippen molar-refractivity contribution in [2.75, 3.05) is 33.7 Å². The van der Waals surface area contributed by atoms with Gasteiger partial charge in [0.2, 0.25) is 0 Å². The van der Waals surface area contributed by atoms with Gasteiger partial charge in [0.1, 0.15) is 0 Å². The SMILES string of the molecule is CN=C(NC)NCC1CCN(C(=O)c2ccccc2)CC1.I. The fourth-order valence-electron chi connectivity index (χ4n) is 2.62. The van der Waals surface area contributed by atoms with E-state index in [1.807, 2.05) is 42.3 Å². The largest absolute Gasteiger partial charge is 0.359 e. The van der Waals surface area contributed by atoms with Crippen LogP contribution in [0.15, 0.2) is 35.3 Å². The zero-order valence-corrected chi connectivity index (χ0v) is 15.5. The fraction of sp³-hybridized carbons (Fsp3) is 0.500. The average Bonchev–Trinajstić information content (AvgIpc) is 2.56. The van der Waals surface area contributed by atoms with E-state index in [0.717, 1.165) is 44.0 Å². The molecule has 0 atom stereocenters. The lowest BCUT2D eigenvalue weighted by molar-refractivity contribution is 0.0691. The Morgan fingerprint density at radius 1 is 1.27 bits per heavy atom. The van der Waals surface area contributed by atoms with Gasteiger partial charge < -0.3 is 15.5 Å². The van der Waals surface area contributed by atoms with Crippen molar-refractivity contribution in [2.24, 2.45) is 10.9 Å². The van der Waals surface area contributed by atoms with Crippen molar-refractivity contribution in [3.8, 4) is 0 Å². The maximum Gasteiger partial charge on any atom is 0.253 e. The lowest BCUT2D eigenvalue weighted by Crippen LogP contribution is -2.43. The second-order valence-corrected chi connectivity index (χ2v) is 5.30. The van der Waals surface area contributed by atoms with E-state index in [1.54, 1.807) is 7.05 Å². The molecule has 0 bridgehead atoms. The molecule has 1 amide bonds. The van der Waals surface area contributed by atoms with E-state index in [-0.39, 0.29) is 29.9 Å². The molecule has 22 heavy (non-hydrogen) atoms. The summed E-state index contributed by atoms with van der Waals surface area (Å²) < 4.78 is 0. The van der Waals surface area contributed by atoms with Crippen LogP contribution < -0.4 is 10.6 Å². The second-order valence-electron chi connectivity index (χ2n) is 5.30. The van der Waals surface area contributed by atoms with Crippen molar-refractivity contribution >= 4 is 35.8 Å². The number of hydrogen-bond donors (Lipinski definition) is 2. The normalized spacial score (nSPS) is 15.9. The van der Waals surface area contributed by atoms with E-state index < -0.39 is 0 Å². The van der Waals surface area contributed by atoms with Crippen LogP contribution in [0.5, 0.6) is 0 Å². The number of aliphatic imine (C=N–C) groups is 1. The lowest BCUT2D eigenvalue weighted by atomic mass is 9.96. The van der Waals surface area contributed by atoms with Crippen LogP contribution in [0.4, 0.5) is 0 Å². The monoisotopic (exact) mass is 416 g/mol.